The fraction of sp³-hybridized carbons (Fsp3) is 0.185. The second kappa shape index (κ2) is 8.59. The molecule has 5 aromatic rings. The van der Waals surface area contributed by atoms with Gasteiger partial charge in [0.15, 0.2) is 5.65 Å². The number of carbonyl (C=O) groups is 1. The Labute approximate surface area is 196 Å². The number of hydrogen-bond donors (Lipinski definition) is 1. The Bertz CT molecular complexity index is 1570. The fourth-order valence-corrected chi connectivity index (χ4v) is 4.47. The maximum absolute atomic E-state index is 13.1. The van der Waals surface area contributed by atoms with Gasteiger partial charge >= 0.3 is 0 Å². The average molecular weight is 452 g/mol. The van der Waals surface area contributed by atoms with Crippen LogP contribution < -0.4 is 10.9 Å². The highest BCUT2D eigenvalue weighted by atomic mass is 16.2. The molecule has 0 saturated heterocycles. The van der Waals surface area contributed by atoms with E-state index in [0.29, 0.717) is 11.0 Å². The predicted octanol–water partition coefficient (Wildman–Crippen LogP) is 4.23. The van der Waals surface area contributed by atoms with Gasteiger partial charge in [-0.1, -0.05) is 48.5 Å². The van der Waals surface area contributed by atoms with E-state index in [2.05, 4.69) is 21.5 Å². The van der Waals surface area contributed by atoms with Crippen molar-refractivity contribution in [1.29, 1.82) is 0 Å². The summed E-state index contributed by atoms with van der Waals surface area (Å²) in [6.45, 7) is 5.85. The highest BCUT2D eigenvalue weighted by molar-refractivity contribution is 5.87. The summed E-state index contributed by atoms with van der Waals surface area (Å²) in [6.07, 6.45) is 2.92. The van der Waals surface area contributed by atoms with Crippen LogP contribution in [0.2, 0.25) is 0 Å². The minimum atomic E-state index is -0.298. The minimum Gasteiger partial charge on any atom is -0.348 e. The second-order valence-electron chi connectivity index (χ2n) is 8.67. The number of nitrogens with one attached hydrogen (secondary N) is 1. The Kier molecular flexibility index (Phi) is 5.45. The van der Waals surface area contributed by atoms with Crippen LogP contribution >= 0.6 is 0 Å². The van der Waals surface area contributed by atoms with E-state index >= 15 is 0 Å². The highest BCUT2D eigenvalue weighted by Crippen LogP contribution is 2.24. The molecular formula is C27H25N5O2. The van der Waals surface area contributed by atoms with Gasteiger partial charge in [-0.05, 0) is 60.4 Å². The Morgan fingerprint density at radius 1 is 1.00 bits per heavy atom. The van der Waals surface area contributed by atoms with Gasteiger partial charge in [-0.3, -0.25) is 14.2 Å². The van der Waals surface area contributed by atoms with Crippen molar-refractivity contribution in [2.75, 3.05) is 0 Å². The van der Waals surface area contributed by atoms with Crippen LogP contribution in [0, 0.1) is 13.8 Å². The van der Waals surface area contributed by atoms with Crippen LogP contribution in [-0.2, 0) is 11.3 Å². The first-order valence-corrected chi connectivity index (χ1v) is 11.2. The van der Waals surface area contributed by atoms with Crippen molar-refractivity contribution in [3.63, 3.8) is 0 Å². The second-order valence-corrected chi connectivity index (χ2v) is 8.67. The number of amides is 1. The zero-order chi connectivity index (χ0) is 23.8. The molecule has 2 heterocycles. The van der Waals surface area contributed by atoms with Crippen LogP contribution in [0.4, 0.5) is 0 Å². The van der Waals surface area contributed by atoms with Gasteiger partial charge < -0.3 is 5.32 Å². The zero-order valence-electron chi connectivity index (χ0n) is 19.3. The zero-order valence-corrected chi connectivity index (χ0v) is 19.3. The molecule has 7 nitrogen and oxygen atoms in total. The lowest BCUT2D eigenvalue weighted by atomic mass is 10.00. The quantitative estimate of drug-likeness (QED) is 0.434. The average Bonchev–Trinajstić information content (AvgIpc) is 3.25. The third-order valence-electron chi connectivity index (χ3n) is 5.99. The van der Waals surface area contributed by atoms with Crippen molar-refractivity contribution in [3.8, 4) is 5.69 Å². The Hall–Kier alpha value is -4.26. The summed E-state index contributed by atoms with van der Waals surface area (Å²) in [6, 6.07) is 20.0. The summed E-state index contributed by atoms with van der Waals surface area (Å²) in [7, 11) is 0. The van der Waals surface area contributed by atoms with Crippen LogP contribution in [0.1, 0.15) is 29.7 Å². The summed E-state index contributed by atoms with van der Waals surface area (Å²) >= 11 is 0. The maximum atomic E-state index is 13.1. The SMILES string of the molecule is Cc1cc(C)cc(-n2ncc3c(=O)n(CC(=O)NC(C)c4cccc5ccccc45)cnc32)c1. The van der Waals surface area contributed by atoms with Crippen molar-refractivity contribution in [2.45, 2.75) is 33.4 Å². The number of fused-ring (bicyclic) bond motifs is 2. The van der Waals surface area contributed by atoms with Gasteiger partial charge in [0.25, 0.3) is 5.56 Å². The van der Waals surface area contributed by atoms with Crippen LogP contribution in [-0.4, -0.2) is 25.2 Å². The molecule has 1 atom stereocenters. The number of aryl methyl sites for hydroxylation is 2. The molecule has 7 heteroatoms. The molecule has 1 amide bonds. The molecule has 3 aromatic carbocycles. The van der Waals surface area contributed by atoms with Gasteiger partial charge in [-0.25, -0.2) is 9.67 Å². The van der Waals surface area contributed by atoms with Gasteiger partial charge in [0.05, 0.1) is 17.9 Å². The number of rotatable bonds is 5. The number of aromatic nitrogens is 4. The number of hydrogen-bond acceptors (Lipinski definition) is 4. The smallest absolute Gasteiger partial charge is 0.264 e. The molecular weight excluding hydrogens is 426 g/mol. The van der Waals surface area contributed by atoms with E-state index < -0.39 is 0 Å². The van der Waals surface area contributed by atoms with E-state index in [1.165, 1.54) is 17.1 Å². The molecule has 0 radical (unpaired) electrons. The summed E-state index contributed by atoms with van der Waals surface area (Å²) in [5.74, 6) is -0.259. The Morgan fingerprint density at radius 3 is 2.53 bits per heavy atom. The minimum absolute atomic E-state index is 0.119. The standard InChI is InChI=1S/C27H25N5O2/c1-17-11-18(2)13-21(12-17)32-26-24(14-29-32)27(34)31(16-28-26)15-25(33)30-19(3)22-10-6-8-20-7-4-5-9-23(20)22/h4-14,16,19H,15H2,1-3H3,(H,30,33). The van der Waals surface area contributed by atoms with Crippen molar-refractivity contribution in [1.82, 2.24) is 24.6 Å². The van der Waals surface area contributed by atoms with Gasteiger partial charge in [0, 0.05) is 0 Å². The first kappa shape index (κ1) is 21.6. The lowest BCUT2D eigenvalue weighted by Gasteiger charge is -2.17. The van der Waals surface area contributed by atoms with E-state index in [9.17, 15) is 9.59 Å². The molecule has 0 saturated carbocycles. The van der Waals surface area contributed by atoms with E-state index in [1.807, 2.05) is 75.4 Å². The van der Waals surface area contributed by atoms with E-state index in [4.69, 9.17) is 0 Å². The molecule has 34 heavy (non-hydrogen) atoms. The topological polar surface area (TPSA) is 81.8 Å². The van der Waals surface area contributed by atoms with E-state index in [1.54, 1.807) is 4.68 Å². The number of carbonyl (C=O) groups excluding carboxylic acids is 1. The third kappa shape index (κ3) is 3.96. The lowest BCUT2D eigenvalue weighted by Crippen LogP contribution is -2.34. The van der Waals surface area contributed by atoms with Gasteiger partial charge in [-0.15, -0.1) is 0 Å². The Balaban J connectivity index is 1.39. The lowest BCUT2D eigenvalue weighted by molar-refractivity contribution is -0.122. The third-order valence-corrected chi connectivity index (χ3v) is 5.99. The summed E-state index contributed by atoms with van der Waals surface area (Å²) in [4.78, 5) is 30.3. The molecule has 0 bridgehead atoms. The molecule has 5 rings (SSSR count). The molecule has 1 unspecified atom stereocenters. The van der Waals surface area contributed by atoms with E-state index in [-0.39, 0.29) is 24.1 Å². The van der Waals surface area contributed by atoms with Crippen LogP contribution in [0.5, 0.6) is 0 Å². The molecule has 0 spiro atoms. The molecule has 0 aliphatic carbocycles. The van der Waals surface area contributed by atoms with Crippen LogP contribution in [0.25, 0.3) is 27.5 Å². The largest absolute Gasteiger partial charge is 0.348 e. The number of nitrogens with zero attached hydrogens (tertiary/aromatic N) is 4. The van der Waals surface area contributed by atoms with Crippen LogP contribution in [0.3, 0.4) is 0 Å². The molecule has 0 aliphatic heterocycles. The van der Waals surface area contributed by atoms with E-state index in [0.717, 1.165) is 33.2 Å². The molecule has 170 valence electrons. The van der Waals surface area contributed by atoms with Crippen molar-refractivity contribution in [2.24, 2.45) is 0 Å². The van der Waals surface area contributed by atoms with Crippen molar-refractivity contribution in [3.05, 3.63) is 100 Å². The molecule has 1 N–H and O–H groups in total. The number of benzene rings is 3. The van der Waals surface area contributed by atoms with Gasteiger partial charge in [0.1, 0.15) is 18.3 Å². The van der Waals surface area contributed by atoms with Crippen LogP contribution in [0.15, 0.2) is 78.0 Å². The Morgan fingerprint density at radius 2 is 1.74 bits per heavy atom. The van der Waals surface area contributed by atoms with Crippen molar-refractivity contribution >= 4 is 27.7 Å². The normalized spacial score (nSPS) is 12.2. The summed E-state index contributed by atoms with van der Waals surface area (Å²) in [5, 5.41) is 9.98. The predicted molar refractivity (Wildman–Crippen MR) is 133 cm³/mol. The van der Waals surface area contributed by atoms with Gasteiger partial charge in [-0.2, -0.15) is 5.10 Å². The monoisotopic (exact) mass is 451 g/mol. The maximum Gasteiger partial charge on any atom is 0.264 e. The highest BCUT2D eigenvalue weighted by Gasteiger charge is 2.16. The first-order chi connectivity index (χ1) is 16.4. The first-order valence-electron chi connectivity index (χ1n) is 11.2. The fourth-order valence-electron chi connectivity index (χ4n) is 4.47. The summed E-state index contributed by atoms with van der Waals surface area (Å²) < 4.78 is 2.98. The molecule has 0 fully saturated rings. The van der Waals surface area contributed by atoms with Crippen molar-refractivity contribution < 1.29 is 4.79 Å². The molecule has 2 aromatic heterocycles. The summed E-state index contributed by atoms with van der Waals surface area (Å²) in [5.41, 5.74) is 4.25. The van der Waals surface area contributed by atoms with Gasteiger partial charge in [0.2, 0.25) is 5.91 Å². The molecule has 0 aliphatic rings.